The summed E-state index contributed by atoms with van der Waals surface area (Å²) < 4.78 is 11.4. The van der Waals surface area contributed by atoms with Gasteiger partial charge in [-0.1, -0.05) is 29.3 Å². The fourth-order valence-corrected chi connectivity index (χ4v) is 2.89. The number of benzene rings is 1. The highest BCUT2D eigenvalue weighted by Gasteiger charge is 2.44. The molecule has 0 bridgehead atoms. The van der Waals surface area contributed by atoms with Crippen LogP contribution < -0.4 is 5.73 Å². The van der Waals surface area contributed by atoms with E-state index in [2.05, 4.69) is 0 Å². The van der Waals surface area contributed by atoms with Crippen LogP contribution in [0.1, 0.15) is 11.7 Å². The van der Waals surface area contributed by atoms with Crippen LogP contribution in [0, 0.1) is 0 Å². The summed E-state index contributed by atoms with van der Waals surface area (Å²) in [5.41, 5.74) is 5.64. The summed E-state index contributed by atoms with van der Waals surface area (Å²) >= 11 is 12.0. The molecule has 2 unspecified atom stereocenters. The third-order valence-corrected chi connectivity index (χ3v) is 4.59. The van der Waals surface area contributed by atoms with Crippen molar-refractivity contribution in [3.63, 3.8) is 0 Å². The topological polar surface area (TPSA) is 85.0 Å². The van der Waals surface area contributed by atoms with E-state index < -0.39 is 17.8 Å². The van der Waals surface area contributed by atoms with E-state index in [1.807, 2.05) is 0 Å². The predicted octanol–water partition coefficient (Wildman–Crippen LogP) is 2.39. The molecule has 1 heterocycles. The van der Waals surface area contributed by atoms with E-state index in [4.69, 9.17) is 38.4 Å². The highest BCUT2D eigenvalue weighted by Crippen LogP contribution is 2.37. The zero-order valence-corrected chi connectivity index (χ0v) is 13.6. The van der Waals surface area contributed by atoms with Gasteiger partial charge in [0.15, 0.2) is 0 Å². The number of carbonyl (C=O) groups is 1. The minimum absolute atomic E-state index is 0.0954. The maximum atomic E-state index is 11.3. The summed E-state index contributed by atoms with van der Waals surface area (Å²) in [5.74, 6) is 0. The van der Waals surface area contributed by atoms with Gasteiger partial charge in [0.2, 0.25) is 0 Å². The summed E-state index contributed by atoms with van der Waals surface area (Å²) in [7, 11) is 1.49. The monoisotopic (exact) mass is 348 g/mol. The van der Waals surface area contributed by atoms with Crippen LogP contribution in [0.4, 0.5) is 4.79 Å². The van der Waals surface area contributed by atoms with Crippen LogP contribution in [-0.4, -0.2) is 55.1 Å². The number of rotatable bonds is 3. The molecule has 6 nitrogen and oxygen atoms in total. The molecule has 0 spiro atoms. The number of nitrogens with zero attached hydrogens (tertiary/aromatic N) is 1. The van der Waals surface area contributed by atoms with Gasteiger partial charge in [-0.25, -0.2) is 4.79 Å². The van der Waals surface area contributed by atoms with E-state index in [0.29, 0.717) is 10.0 Å². The molecule has 1 aromatic rings. The van der Waals surface area contributed by atoms with Gasteiger partial charge in [-0.15, -0.1) is 0 Å². The molecular weight excluding hydrogens is 331 g/mol. The first-order valence-electron chi connectivity index (χ1n) is 6.73. The molecule has 1 saturated heterocycles. The number of ether oxygens (including phenoxy) is 2. The zero-order chi connectivity index (χ0) is 16.3. The molecule has 0 radical (unpaired) electrons. The first-order valence-corrected chi connectivity index (χ1v) is 7.49. The van der Waals surface area contributed by atoms with Gasteiger partial charge in [-0.3, -0.25) is 0 Å². The molecule has 1 fully saturated rings. The number of nitrogens with two attached hydrogens (primary N) is 1. The average Bonchev–Trinajstić information content (AvgIpc) is 2.70. The van der Waals surface area contributed by atoms with Crippen molar-refractivity contribution in [2.45, 2.75) is 11.7 Å². The van der Waals surface area contributed by atoms with Crippen molar-refractivity contribution in [2.24, 2.45) is 5.73 Å². The molecular formula is C14H18Cl2N2O4. The summed E-state index contributed by atoms with van der Waals surface area (Å²) in [6.45, 7) is 0.693. The number of amides is 1. The first kappa shape index (κ1) is 17.3. The van der Waals surface area contributed by atoms with Crippen molar-refractivity contribution in [1.82, 2.24) is 4.90 Å². The lowest BCUT2D eigenvalue weighted by Gasteiger charge is -2.38. The van der Waals surface area contributed by atoms with Crippen LogP contribution in [0.5, 0.6) is 0 Å². The van der Waals surface area contributed by atoms with Gasteiger partial charge in [0.25, 0.3) is 0 Å². The van der Waals surface area contributed by atoms with E-state index in [-0.39, 0.29) is 26.2 Å². The van der Waals surface area contributed by atoms with Crippen molar-refractivity contribution in [2.75, 3.05) is 33.4 Å². The number of carboxylic acid groups (broad SMARTS) is 1. The molecule has 8 heteroatoms. The molecule has 2 rings (SSSR count). The molecule has 122 valence electrons. The number of halogens is 2. The molecule has 0 saturated carbocycles. The number of methoxy groups -OCH3 is 1. The smallest absolute Gasteiger partial charge is 0.407 e. The minimum atomic E-state index is -1.03. The molecule has 1 aliphatic heterocycles. The third-order valence-electron chi connectivity index (χ3n) is 3.85. The SMILES string of the molecule is COC1(CN)CN(C(=O)O)CCOC1c1ccc(Cl)c(Cl)c1. The van der Waals surface area contributed by atoms with Gasteiger partial charge >= 0.3 is 6.09 Å². The Morgan fingerprint density at radius 3 is 2.82 bits per heavy atom. The maximum absolute atomic E-state index is 11.3. The Hall–Kier alpha value is -1.05. The molecule has 0 aliphatic carbocycles. The number of hydrogen-bond donors (Lipinski definition) is 2. The summed E-state index contributed by atoms with van der Waals surface area (Å²) in [6, 6.07) is 5.13. The van der Waals surface area contributed by atoms with E-state index in [9.17, 15) is 9.90 Å². The van der Waals surface area contributed by atoms with Crippen LogP contribution in [-0.2, 0) is 9.47 Å². The Morgan fingerprint density at radius 2 is 2.27 bits per heavy atom. The van der Waals surface area contributed by atoms with Crippen molar-refractivity contribution < 1.29 is 19.4 Å². The van der Waals surface area contributed by atoms with Gasteiger partial charge in [-0.2, -0.15) is 0 Å². The highest BCUT2D eigenvalue weighted by molar-refractivity contribution is 6.42. The Kier molecular flexibility index (Phi) is 5.52. The third kappa shape index (κ3) is 3.31. The molecule has 1 amide bonds. The second-order valence-corrected chi connectivity index (χ2v) is 5.92. The van der Waals surface area contributed by atoms with Gasteiger partial charge in [0, 0.05) is 20.2 Å². The highest BCUT2D eigenvalue weighted by atomic mass is 35.5. The second-order valence-electron chi connectivity index (χ2n) is 5.10. The standard InChI is InChI=1S/C14H18Cl2N2O4/c1-21-14(7-17)8-18(13(19)20)4-5-22-12(14)9-2-3-10(15)11(16)6-9/h2-3,6,12H,4-5,7-8,17H2,1H3,(H,19,20). The minimum Gasteiger partial charge on any atom is -0.465 e. The van der Waals surface area contributed by atoms with E-state index in [1.54, 1.807) is 18.2 Å². The largest absolute Gasteiger partial charge is 0.465 e. The normalized spacial score (nSPS) is 25.8. The van der Waals surface area contributed by atoms with E-state index in [1.165, 1.54) is 12.0 Å². The summed E-state index contributed by atoms with van der Waals surface area (Å²) in [6.07, 6.45) is -1.57. The van der Waals surface area contributed by atoms with Crippen LogP contribution in [0.15, 0.2) is 18.2 Å². The lowest BCUT2D eigenvalue weighted by molar-refractivity contribution is -0.116. The lowest BCUT2D eigenvalue weighted by atomic mass is 9.90. The maximum Gasteiger partial charge on any atom is 0.407 e. The van der Waals surface area contributed by atoms with Crippen molar-refractivity contribution >= 4 is 29.3 Å². The fourth-order valence-electron chi connectivity index (χ4n) is 2.58. The van der Waals surface area contributed by atoms with Crippen LogP contribution in [0.3, 0.4) is 0 Å². The van der Waals surface area contributed by atoms with Gasteiger partial charge in [-0.05, 0) is 17.7 Å². The van der Waals surface area contributed by atoms with Gasteiger partial charge in [0.1, 0.15) is 11.7 Å². The van der Waals surface area contributed by atoms with Crippen molar-refractivity contribution in [3.8, 4) is 0 Å². The lowest BCUT2D eigenvalue weighted by Crippen LogP contribution is -2.53. The van der Waals surface area contributed by atoms with E-state index in [0.717, 1.165) is 5.56 Å². The molecule has 1 aliphatic rings. The van der Waals surface area contributed by atoms with Gasteiger partial charge in [0.05, 0.1) is 23.2 Å². The van der Waals surface area contributed by atoms with Crippen molar-refractivity contribution in [3.05, 3.63) is 33.8 Å². The zero-order valence-electron chi connectivity index (χ0n) is 12.1. The van der Waals surface area contributed by atoms with Gasteiger partial charge < -0.3 is 25.2 Å². The molecule has 2 atom stereocenters. The second kappa shape index (κ2) is 7.02. The van der Waals surface area contributed by atoms with Crippen LogP contribution in [0.2, 0.25) is 10.0 Å². The van der Waals surface area contributed by atoms with Crippen molar-refractivity contribution in [1.29, 1.82) is 0 Å². The Morgan fingerprint density at radius 1 is 1.55 bits per heavy atom. The van der Waals surface area contributed by atoms with Crippen LogP contribution in [0.25, 0.3) is 0 Å². The summed E-state index contributed by atoms with van der Waals surface area (Å²) in [5, 5.41) is 10.1. The Labute approximate surface area is 138 Å². The fraction of sp³-hybridized carbons (Fsp3) is 0.500. The summed E-state index contributed by atoms with van der Waals surface area (Å²) in [4.78, 5) is 12.5. The quantitative estimate of drug-likeness (QED) is 0.875. The first-order chi connectivity index (χ1) is 10.4. The van der Waals surface area contributed by atoms with E-state index >= 15 is 0 Å². The number of hydrogen-bond acceptors (Lipinski definition) is 4. The molecule has 3 N–H and O–H groups in total. The Balaban J connectivity index is 2.42. The molecule has 22 heavy (non-hydrogen) atoms. The Bertz CT molecular complexity index is 552. The molecule has 1 aromatic carbocycles. The molecule has 0 aromatic heterocycles. The van der Waals surface area contributed by atoms with Crippen LogP contribution >= 0.6 is 23.2 Å². The predicted molar refractivity (Wildman–Crippen MR) is 83.5 cm³/mol. The average molecular weight is 349 g/mol.